The molecule has 0 spiro atoms. The summed E-state index contributed by atoms with van der Waals surface area (Å²) in [4.78, 5) is 65.0. The summed E-state index contributed by atoms with van der Waals surface area (Å²) >= 11 is 0. The van der Waals surface area contributed by atoms with Crippen LogP contribution in [0.4, 0.5) is 11.4 Å². The zero-order chi connectivity index (χ0) is 34.7. The highest BCUT2D eigenvalue weighted by molar-refractivity contribution is 6.74. The maximum atomic E-state index is 14.7. The Morgan fingerprint density at radius 2 is 1.33 bits per heavy atom. The molecule has 252 valence electrons. The fourth-order valence-electron chi connectivity index (χ4n) is 7.58. The third-order valence-corrected chi connectivity index (χ3v) is 15.6. The number of hydrogen-bond acceptors (Lipinski definition) is 6. The molecule has 49 heavy (non-hydrogen) atoms. The average Bonchev–Trinajstić information content (AvgIpc) is 3.70. The molecule has 9 nitrogen and oxygen atoms in total. The van der Waals surface area contributed by atoms with Crippen LogP contribution in [-0.2, 0) is 30.1 Å². The molecule has 1 aliphatic carbocycles. The summed E-state index contributed by atoms with van der Waals surface area (Å²) in [5.41, 5.74) is 3.26. The molecule has 3 heterocycles. The first-order valence-electron chi connectivity index (χ1n) is 17.0. The van der Waals surface area contributed by atoms with Gasteiger partial charge >= 0.3 is 0 Å². The Morgan fingerprint density at radius 1 is 0.755 bits per heavy atom. The minimum atomic E-state index is -2.35. The molecule has 3 aromatic carbocycles. The molecule has 4 amide bonds. The van der Waals surface area contributed by atoms with Gasteiger partial charge in [-0.15, -0.1) is 0 Å². The van der Waals surface area contributed by atoms with Crippen molar-refractivity contribution in [2.75, 3.05) is 16.4 Å². The summed E-state index contributed by atoms with van der Waals surface area (Å²) in [6.45, 7) is 11.4. The number of hydrogen-bond donors (Lipinski definition) is 0. The number of anilines is 2. The third-order valence-electron chi connectivity index (χ3n) is 11.1. The van der Waals surface area contributed by atoms with Crippen molar-refractivity contribution < 1.29 is 23.6 Å². The highest BCUT2D eigenvalue weighted by atomic mass is 28.4. The number of imide groups is 2. The first kappa shape index (κ1) is 32.9. The van der Waals surface area contributed by atoms with Crippen molar-refractivity contribution in [3.63, 3.8) is 0 Å². The van der Waals surface area contributed by atoms with Crippen LogP contribution in [0.1, 0.15) is 56.0 Å². The summed E-state index contributed by atoms with van der Waals surface area (Å²) < 4.78 is 8.81. The molecule has 0 saturated carbocycles. The number of carbonyl (C=O) groups is 4. The van der Waals surface area contributed by atoms with Gasteiger partial charge in [0.25, 0.3) is 0 Å². The van der Waals surface area contributed by atoms with Gasteiger partial charge in [0.05, 0.1) is 46.8 Å². The molecule has 2 aliphatic heterocycles. The van der Waals surface area contributed by atoms with Gasteiger partial charge in [0.15, 0.2) is 8.32 Å². The van der Waals surface area contributed by atoms with Crippen molar-refractivity contribution in [1.82, 2.24) is 9.55 Å². The molecule has 1 aromatic heterocycles. The van der Waals surface area contributed by atoms with Crippen molar-refractivity contribution in [3.8, 4) is 0 Å². The SMILES string of the molecule is CC(C)(C)[Si](C)(C)OC[C@H]1C2C(=O)N(c3ccccc3)C(=O)C2c2c(ncn2Cc2ccccc2)C1C1CC(=O)N(c2ccccc2)C1=O. The molecular weight excluding hydrogens is 633 g/mol. The monoisotopic (exact) mass is 674 g/mol. The van der Waals surface area contributed by atoms with Crippen molar-refractivity contribution in [2.45, 2.75) is 63.7 Å². The Kier molecular flexibility index (Phi) is 8.27. The van der Waals surface area contributed by atoms with E-state index in [1.165, 1.54) is 9.80 Å². The fourth-order valence-corrected chi connectivity index (χ4v) is 8.62. The first-order valence-corrected chi connectivity index (χ1v) is 19.9. The van der Waals surface area contributed by atoms with Gasteiger partial charge in [-0.2, -0.15) is 0 Å². The Hall–Kier alpha value is -4.67. The van der Waals surface area contributed by atoms with Gasteiger partial charge < -0.3 is 8.99 Å². The van der Waals surface area contributed by atoms with Crippen molar-refractivity contribution in [3.05, 3.63) is 114 Å². The van der Waals surface area contributed by atoms with E-state index >= 15 is 0 Å². The quantitative estimate of drug-likeness (QED) is 0.156. The molecule has 2 fully saturated rings. The molecule has 0 radical (unpaired) electrons. The van der Waals surface area contributed by atoms with Crippen LogP contribution in [-0.4, -0.2) is 48.1 Å². The number of imidazole rings is 1. The van der Waals surface area contributed by atoms with Gasteiger partial charge in [-0.3, -0.25) is 24.1 Å². The van der Waals surface area contributed by atoms with Gasteiger partial charge in [0.1, 0.15) is 0 Å². The van der Waals surface area contributed by atoms with E-state index in [0.717, 1.165) is 5.56 Å². The van der Waals surface area contributed by atoms with Gasteiger partial charge in [0, 0.05) is 31.4 Å². The van der Waals surface area contributed by atoms with Crippen LogP contribution >= 0.6 is 0 Å². The lowest BCUT2D eigenvalue weighted by atomic mass is 9.64. The smallest absolute Gasteiger partial charge is 0.243 e. The molecule has 4 unspecified atom stereocenters. The molecule has 10 heteroatoms. The van der Waals surface area contributed by atoms with Crippen molar-refractivity contribution >= 4 is 43.3 Å². The van der Waals surface area contributed by atoms with Crippen LogP contribution < -0.4 is 9.80 Å². The summed E-state index contributed by atoms with van der Waals surface area (Å²) in [5.74, 6) is -4.86. The number of nitrogens with zero attached hydrogens (tertiary/aromatic N) is 4. The second-order valence-corrected chi connectivity index (χ2v) is 19.8. The topological polar surface area (TPSA) is 102 Å². The third kappa shape index (κ3) is 5.56. The van der Waals surface area contributed by atoms with Crippen molar-refractivity contribution in [2.24, 2.45) is 17.8 Å². The predicted molar refractivity (Wildman–Crippen MR) is 189 cm³/mol. The number of fused-ring (bicyclic) bond motifs is 3. The van der Waals surface area contributed by atoms with Crippen LogP contribution in [0.25, 0.3) is 0 Å². The maximum Gasteiger partial charge on any atom is 0.243 e. The lowest BCUT2D eigenvalue weighted by Gasteiger charge is -2.43. The lowest BCUT2D eigenvalue weighted by molar-refractivity contribution is -0.126. The Balaban J connectivity index is 1.40. The van der Waals surface area contributed by atoms with E-state index in [1.54, 1.807) is 42.7 Å². The molecule has 5 atom stereocenters. The van der Waals surface area contributed by atoms with E-state index in [1.807, 2.05) is 59.2 Å². The Morgan fingerprint density at radius 3 is 1.92 bits per heavy atom. The average molecular weight is 675 g/mol. The molecule has 0 bridgehead atoms. The molecule has 0 N–H and O–H groups in total. The van der Waals surface area contributed by atoms with Gasteiger partial charge in [-0.05, 0) is 48.0 Å². The summed E-state index contributed by atoms with van der Waals surface area (Å²) in [5, 5.41) is -0.117. The van der Waals surface area contributed by atoms with E-state index < -0.39 is 37.9 Å². The van der Waals surface area contributed by atoms with Crippen LogP contribution in [0.2, 0.25) is 18.1 Å². The molecular formula is C39H42N4O5Si. The number of para-hydroxylation sites is 2. The molecule has 7 rings (SSSR count). The fraction of sp³-hybridized carbons (Fsp3) is 0.359. The van der Waals surface area contributed by atoms with E-state index in [9.17, 15) is 19.2 Å². The highest BCUT2D eigenvalue weighted by Crippen LogP contribution is 2.56. The first-order chi connectivity index (χ1) is 23.4. The second kappa shape index (κ2) is 12.3. The van der Waals surface area contributed by atoms with Gasteiger partial charge in [0.2, 0.25) is 23.6 Å². The van der Waals surface area contributed by atoms with E-state index in [2.05, 4.69) is 33.9 Å². The van der Waals surface area contributed by atoms with E-state index in [-0.39, 0.29) is 41.7 Å². The van der Waals surface area contributed by atoms with Crippen LogP contribution in [0, 0.1) is 17.8 Å². The Bertz CT molecular complexity index is 1900. The van der Waals surface area contributed by atoms with Crippen molar-refractivity contribution in [1.29, 1.82) is 0 Å². The number of carbonyl (C=O) groups excluding carboxylic acids is 4. The second-order valence-electron chi connectivity index (χ2n) is 15.0. The minimum Gasteiger partial charge on any atom is -0.416 e. The summed E-state index contributed by atoms with van der Waals surface area (Å²) in [6.07, 6.45) is 1.69. The normalized spacial score (nSPS) is 24.1. The minimum absolute atomic E-state index is 0.0259. The Labute approximate surface area is 288 Å². The number of rotatable bonds is 8. The summed E-state index contributed by atoms with van der Waals surface area (Å²) in [7, 11) is -2.35. The molecule has 2 saturated heterocycles. The lowest BCUT2D eigenvalue weighted by Crippen LogP contribution is -2.47. The number of aromatic nitrogens is 2. The van der Waals surface area contributed by atoms with E-state index in [0.29, 0.717) is 29.3 Å². The zero-order valence-corrected chi connectivity index (χ0v) is 29.6. The van der Waals surface area contributed by atoms with Crippen LogP contribution in [0.5, 0.6) is 0 Å². The summed E-state index contributed by atoms with van der Waals surface area (Å²) in [6, 6.07) is 27.8. The number of benzene rings is 3. The predicted octanol–water partition coefficient (Wildman–Crippen LogP) is 6.52. The van der Waals surface area contributed by atoms with Gasteiger partial charge in [-0.1, -0.05) is 87.5 Å². The van der Waals surface area contributed by atoms with Crippen LogP contribution in [0.15, 0.2) is 97.3 Å². The van der Waals surface area contributed by atoms with Gasteiger partial charge in [-0.25, -0.2) is 9.88 Å². The molecule has 4 aromatic rings. The number of amides is 4. The standard InChI is InChI=1S/C39H42N4O5Si/c1-39(2,3)49(4,5)48-23-29-31(28-21-30(44)42(36(28)45)26-17-11-7-12-18-26)34-35(41(24-40-34)22-25-15-9-6-10-16-25)33-32(29)37(46)43(38(33)47)27-19-13-8-14-20-27/h6-20,24,28-29,31-33H,21-23H2,1-5H3/t28?,29-,31?,32?,33?/m1/s1. The molecule has 3 aliphatic rings. The van der Waals surface area contributed by atoms with E-state index in [4.69, 9.17) is 9.41 Å². The zero-order valence-electron chi connectivity index (χ0n) is 28.6. The van der Waals surface area contributed by atoms with Crippen LogP contribution in [0.3, 0.4) is 0 Å². The largest absolute Gasteiger partial charge is 0.416 e. The highest BCUT2D eigenvalue weighted by Gasteiger charge is 2.62. The maximum absolute atomic E-state index is 14.7.